The van der Waals surface area contributed by atoms with Crippen LogP contribution in [0.5, 0.6) is 5.75 Å². The van der Waals surface area contributed by atoms with Crippen molar-refractivity contribution in [2.75, 3.05) is 0 Å². The number of aromatic hydroxyl groups is 1. The van der Waals surface area contributed by atoms with Crippen molar-refractivity contribution < 1.29 is 5.11 Å². The largest absolute Gasteiger partial charge is 0.508 e. The quantitative estimate of drug-likeness (QED) is 0.287. The van der Waals surface area contributed by atoms with Crippen LogP contribution >= 0.6 is 0 Å². The van der Waals surface area contributed by atoms with E-state index >= 15 is 0 Å². The van der Waals surface area contributed by atoms with Crippen LogP contribution in [0, 0.1) is 0 Å². The molecule has 0 atom stereocenters. The van der Waals surface area contributed by atoms with Crippen LogP contribution in [0.3, 0.4) is 0 Å². The molecule has 0 fully saturated rings. The molecule has 0 saturated carbocycles. The van der Waals surface area contributed by atoms with E-state index in [0.29, 0.717) is 0 Å². The normalized spacial score (nSPS) is 11.0. The molecule has 0 unspecified atom stereocenters. The summed E-state index contributed by atoms with van der Waals surface area (Å²) in [5, 5.41) is 9.42. The van der Waals surface area contributed by atoms with Crippen molar-refractivity contribution in [1.82, 2.24) is 9.97 Å². The van der Waals surface area contributed by atoms with Gasteiger partial charge in [0.15, 0.2) is 0 Å². The molecule has 164 valence electrons. The summed E-state index contributed by atoms with van der Waals surface area (Å²) >= 11 is 0. The highest BCUT2D eigenvalue weighted by Gasteiger charge is 2.04. The highest BCUT2D eigenvalue weighted by Crippen LogP contribution is 2.22. The second-order valence-electron chi connectivity index (χ2n) is 8.46. The van der Waals surface area contributed by atoms with Gasteiger partial charge in [-0.1, -0.05) is 89.0 Å². The van der Waals surface area contributed by atoms with E-state index in [9.17, 15) is 5.11 Å². The van der Waals surface area contributed by atoms with Crippen molar-refractivity contribution >= 4 is 0 Å². The first kappa shape index (κ1) is 23.0. The molecule has 0 radical (unpaired) electrons. The van der Waals surface area contributed by atoms with E-state index < -0.39 is 0 Å². The SMILES string of the molecule is CCCCCCCCCCCCc1ccc(-c2cnc(-c3ccc(O)cc3)cn2)cc1. The first-order chi connectivity index (χ1) is 15.3. The van der Waals surface area contributed by atoms with Gasteiger partial charge in [-0.3, -0.25) is 9.97 Å². The molecule has 3 heteroatoms. The highest BCUT2D eigenvalue weighted by molar-refractivity contribution is 5.63. The Morgan fingerprint density at radius 3 is 1.52 bits per heavy atom. The van der Waals surface area contributed by atoms with Crippen LogP contribution < -0.4 is 0 Å². The zero-order chi connectivity index (χ0) is 21.7. The standard InChI is InChI=1S/C28H36N2O/c1-2-3-4-5-6-7-8-9-10-11-12-23-13-15-24(16-14-23)27-21-30-28(22-29-27)25-17-19-26(31)20-18-25/h13-22,31H,2-12H2,1H3. The topological polar surface area (TPSA) is 46.0 Å². The van der Waals surface area contributed by atoms with E-state index in [2.05, 4.69) is 41.2 Å². The molecule has 3 aromatic rings. The minimum atomic E-state index is 0.256. The molecule has 2 aromatic carbocycles. The molecule has 31 heavy (non-hydrogen) atoms. The molecule has 0 bridgehead atoms. The smallest absolute Gasteiger partial charge is 0.115 e. The van der Waals surface area contributed by atoms with E-state index in [1.807, 2.05) is 18.3 Å². The Hall–Kier alpha value is -2.68. The maximum atomic E-state index is 9.42. The summed E-state index contributed by atoms with van der Waals surface area (Å²) in [4.78, 5) is 9.12. The summed E-state index contributed by atoms with van der Waals surface area (Å²) in [5.74, 6) is 0.256. The molecular weight excluding hydrogens is 380 g/mol. The lowest BCUT2D eigenvalue weighted by Gasteiger charge is -2.06. The zero-order valence-corrected chi connectivity index (χ0v) is 18.9. The Morgan fingerprint density at radius 1 is 0.581 bits per heavy atom. The van der Waals surface area contributed by atoms with Gasteiger partial charge < -0.3 is 5.11 Å². The molecule has 1 aromatic heterocycles. The van der Waals surface area contributed by atoms with E-state index in [0.717, 1.165) is 28.9 Å². The number of benzene rings is 2. The summed E-state index contributed by atoms with van der Waals surface area (Å²) < 4.78 is 0. The Morgan fingerprint density at radius 2 is 1.03 bits per heavy atom. The number of aromatic nitrogens is 2. The van der Waals surface area contributed by atoms with Crippen LogP contribution in [-0.4, -0.2) is 15.1 Å². The maximum Gasteiger partial charge on any atom is 0.115 e. The lowest BCUT2D eigenvalue weighted by molar-refractivity contribution is 0.475. The minimum absolute atomic E-state index is 0.256. The first-order valence-electron chi connectivity index (χ1n) is 12.0. The molecule has 3 nitrogen and oxygen atoms in total. The molecule has 0 aliphatic carbocycles. The van der Waals surface area contributed by atoms with Crippen molar-refractivity contribution in [2.24, 2.45) is 0 Å². The number of rotatable bonds is 13. The fourth-order valence-corrected chi connectivity index (χ4v) is 3.92. The second kappa shape index (κ2) is 12.9. The molecule has 1 heterocycles. The number of hydrogen-bond donors (Lipinski definition) is 1. The summed E-state index contributed by atoms with van der Waals surface area (Å²) in [6.07, 6.45) is 18.5. The van der Waals surface area contributed by atoms with Crippen molar-refractivity contribution in [3.05, 3.63) is 66.5 Å². The van der Waals surface area contributed by atoms with Crippen LogP contribution in [0.1, 0.15) is 76.7 Å². The van der Waals surface area contributed by atoms with Gasteiger partial charge in [-0.25, -0.2) is 0 Å². The third-order valence-electron chi connectivity index (χ3n) is 5.88. The minimum Gasteiger partial charge on any atom is -0.508 e. The van der Waals surface area contributed by atoms with Crippen LogP contribution in [0.2, 0.25) is 0 Å². The molecule has 0 saturated heterocycles. The number of phenols is 1. The Kier molecular flexibility index (Phi) is 9.56. The van der Waals surface area contributed by atoms with E-state index in [1.165, 1.54) is 69.8 Å². The van der Waals surface area contributed by atoms with Crippen LogP contribution in [-0.2, 0) is 6.42 Å². The van der Waals surface area contributed by atoms with E-state index in [1.54, 1.807) is 18.3 Å². The fourth-order valence-electron chi connectivity index (χ4n) is 3.92. The average molecular weight is 417 g/mol. The van der Waals surface area contributed by atoms with Gasteiger partial charge in [0.25, 0.3) is 0 Å². The fraction of sp³-hybridized carbons (Fsp3) is 0.429. The maximum absolute atomic E-state index is 9.42. The molecular formula is C28H36N2O. The number of aryl methyl sites for hydroxylation is 1. The first-order valence-corrected chi connectivity index (χ1v) is 12.0. The predicted molar refractivity (Wildman–Crippen MR) is 130 cm³/mol. The van der Waals surface area contributed by atoms with Crippen molar-refractivity contribution in [2.45, 2.75) is 77.6 Å². The number of nitrogens with zero attached hydrogens (tertiary/aromatic N) is 2. The Labute approximate surface area is 187 Å². The number of phenolic OH excluding ortho intramolecular Hbond substituents is 1. The molecule has 3 rings (SSSR count). The van der Waals surface area contributed by atoms with Crippen molar-refractivity contribution in [1.29, 1.82) is 0 Å². The van der Waals surface area contributed by atoms with Gasteiger partial charge in [0.05, 0.1) is 23.8 Å². The summed E-state index contributed by atoms with van der Waals surface area (Å²) in [6, 6.07) is 15.8. The Bertz CT molecular complexity index is 870. The van der Waals surface area contributed by atoms with Crippen LogP contribution in [0.4, 0.5) is 0 Å². The summed E-state index contributed by atoms with van der Waals surface area (Å²) in [5.41, 5.74) is 5.13. The predicted octanol–water partition coefficient (Wildman–Crippen LogP) is 7.98. The van der Waals surface area contributed by atoms with Gasteiger partial charge in [-0.05, 0) is 42.7 Å². The number of unbranched alkanes of at least 4 members (excludes halogenated alkanes) is 9. The summed E-state index contributed by atoms with van der Waals surface area (Å²) in [6.45, 7) is 2.28. The molecule has 1 N–H and O–H groups in total. The van der Waals surface area contributed by atoms with Crippen molar-refractivity contribution in [3.63, 3.8) is 0 Å². The monoisotopic (exact) mass is 416 g/mol. The Balaban J connectivity index is 1.38. The van der Waals surface area contributed by atoms with Crippen LogP contribution in [0.15, 0.2) is 60.9 Å². The summed E-state index contributed by atoms with van der Waals surface area (Å²) in [7, 11) is 0. The lowest BCUT2D eigenvalue weighted by atomic mass is 10.0. The van der Waals surface area contributed by atoms with Gasteiger partial charge >= 0.3 is 0 Å². The third kappa shape index (κ3) is 7.82. The van der Waals surface area contributed by atoms with Gasteiger partial charge in [-0.2, -0.15) is 0 Å². The molecule has 0 spiro atoms. The zero-order valence-electron chi connectivity index (χ0n) is 18.9. The lowest BCUT2D eigenvalue weighted by Crippen LogP contribution is -1.90. The van der Waals surface area contributed by atoms with Crippen molar-refractivity contribution in [3.8, 4) is 28.3 Å². The number of hydrogen-bond acceptors (Lipinski definition) is 3. The van der Waals surface area contributed by atoms with Gasteiger partial charge in [0.1, 0.15) is 5.75 Å². The molecule has 0 aliphatic rings. The van der Waals surface area contributed by atoms with Gasteiger partial charge in [0.2, 0.25) is 0 Å². The average Bonchev–Trinajstić information content (AvgIpc) is 2.81. The third-order valence-corrected chi connectivity index (χ3v) is 5.88. The molecule has 0 amide bonds. The van der Waals surface area contributed by atoms with Crippen LogP contribution in [0.25, 0.3) is 22.5 Å². The van der Waals surface area contributed by atoms with Gasteiger partial charge in [-0.15, -0.1) is 0 Å². The van der Waals surface area contributed by atoms with E-state index in [-0.39, 0.29) is 5.75 Å². The van der Waals surface area contributed by atoms with Gasteiger partial charge in [0, 0.05) is 11.1 Å². The van der Waals surface area contributed by atoms with E-state index in [4.69, 9.17) is 0 Å². The molecule has 0 aliphatic heterocycles. The highest BCUT2D eigenvalue weighted by atomic mass is 16.3. The second-order valence-corrected chi connectivity index (χ2v) is 8.46.